The maximum Gasteiger partial charge on any atom is 0.167 e. The molecule has 1 unspecified atom stereocenters. The van der Waals surface area contributed by atoms with Crippen LogP contribution >= 0.6 is 0 Å². The van der Waals surface area contributed by atoms with Gasteiger partial charge in [-0.05, 0) is 13.0 Å². The molecule has 126 valence electrons. The molecule has 4 atom stereocenters. The monoisotopic (exact) mass is 322 g/mol. The highest BCUT2D eigenvalue weighted by Gasteiger charge is 2.44. The van der Waals surface area contributed by atoms with Gasteiger partial charge >= 0.3 is 0 Å². The summed E-state index contributed by atoms with van der Waals surface area (Å²) in [7, 11) is 0. The number of imidazole rings is 1. The van der Waals surface area contributed by atoms with Gasteiger partial charge in [-0.2, -0.15) is 0 Å². The van der Waals surface area contributed by atoms with Crippen molar-refractivity contribution in [3.63, 3.8) is 0 Å². The highest BCUT2D eigenvalue weighted by Crippen LogP contribution is 2.31. The van der Waals surface area contributed by atoms with E-state index in [1.807, 2.05) is 0 Å². The van der Waals surface area contributed by atoms with E-state index in [1.165, 1.54) is 6.33 Å². The first-order valence-corrected chi connectivity index (χ1v) is 7.78. The molecular weight excluding hydrogens is 300 g/mol. The molecule has 0 aliphatic carbocycles. The number of fused-ring (bicyclic) bond motifs is 1. The molecule has 0 bridgehead atoms. The van der Waals surface area contributed by atoms with E-state index >= 15 is 0 Å². The van der Waals surface area contributed by atoms with Crippen molar-refractivity contribution in [2.75, 3.05) is 18.9 Å². The highest BCUT2D eigenvalue weighted by molar-refractivity contribution is 5.81. The van der Waals surface area contributed by atoms with Crippen molar-refractivity contribution in [2.45, 2.75) is 44.2 Å². The van der Waals surface area contributed by atoms with E-state index in [-0.39, 0.29) is 12.6 Å². The second-order valence-corrected chi connectivity index (χ2v) is 5.65. The second kappa shape index (κ2) is 6.75. The number of nitrogens with zero attached hydrogens (tertiary/aromatic N) is 4. The van der Waals surface area contributed by atoms with Crippen LogP contribution in [0.25, 0.3) is 11.2 Å². The van der Waals surface area contributed by atoms with Gasteiger partial charge < -0.3 is 26.0 Å². The van der Waals surface area contributed by atoms with E-state index in [2.05, 4.69) is 27.2 Å². The van der Waals surface area contributed by atoms with E-state index in [4.69, 9.17) is 10.5 Å². The predicted molar refractivity (Wildman–Crippen MR) is 83.4 cm³/mol. The van der Waals surface area contributed by atoms with E-state index in [1.54, 1.807) is 10.9 Å². The highest BCUT2D eigenvalue weighted by atomic mass is 16.5. The largest absolute Gasteiger partial charge is 0.394 e. The minimum Gasteiger partial charge on any atom is -0.394 e. The molecule has 3 heterocycles. The number of nitrogen functional groups attached to an aromatic ring is 1. The minimum atomic E-state index is -0.821. The fourth-order valence-corrected chi connectivity index (χ4v) is 2.86. The first-order valence-electron chi connectivity index (χ1n) is 7.78. The third-order valence-corrected chi connectivity index (χ3v) is 4.12. The standard InChI is InChI=1S/C14H22N6O3/c1-2-3-4-16-9-11(22)8(5-21)23-14(9)20-7-19-10-12(15)17-6-18-13(10)20/h6-9,11,14,16,21-22H,2-5H2,1H3,(H2,15,17,18)/t8-,9?,11-,14-/m1/s1. The lowest BCUT2D eigenvalue weighted by Gasteiger charge is -2.22. The molecule has 1 fully saturated rings. The van der Waals surface area contributed by atoms with Gasteiger partial charge in [0.1, 0.15) is 24.1 Å². The molecule has 0 radical (unpaired) electrons. The number of anilines is 1. The fraction of sp³-hybridized carbons (Fsp3) is 0.643. The van der Waals surface area contributed by atoms with Gasteiger partial charge in [-0.25, -0.2) is 15.0 Å². The summed E-state index contributed by atoms with van der Waals surface area (Å²) < 4.78 is 7.54. The third kappa shape index (κ3) is 2.88. The van der Waals surface area contributed by atoms with Gasteiger partial charge in [-0.1, -0.05) is 13.3 Å². The number of unbranched alkanes of at least 4 members (excludes halogenated alkanes) is 1. The van der Waals surface area contributed by atoms with Gasteiger partial charge in [-0.3, -0.25) is 4.57 Å². The van der Waals surface area contributed by atoms with Crippen LogP contribution < -0.4 is 11.1 Å². The Bertz CT molecular complexity index is 663. The van der Waals surface area contributed by atoms with Crippen LogP contribution in [0.3, 0.4) is 0 Å². The van der Waals surface area contributed by atoms with E-state index in [0.29, 0.717) is 17.0 Å². The van der Waals surface area contributed by atoms with Gasteiger partial charge in [-0.15, -0.1) is 0 Å². The fourth-order valence-electron chi connectivity index (χ4n) is 2.86. The summed E-state index contributed by atoms with van der Waals surface area (Å²) in [6.07, 6.45) is 2.96. The average molecular weight is 322 g/mol. The molecule has 1 aliphatic rings. The number of rotatable bonds is 6. The molecule has 2 aromatic rings. The van der Waals surface area contributed by atoms with Crippen molar-refractivity contribution >= 4 is 17.0 Å². The Labute approximate surface area is 133 Å². The number of aliphatic hydroxyl groups excluding tert-OH is 2. The Morgan fingerprint density at radius 2 is 2.22 bits per heavy atom. The summed E-state index contributed by atoms with van der Waals surface area (Å²) >= 11 is 0. The van der Waals surface area contributed by atoms with Crippen LogP contribution in [0.5, 0.6) is 0 Å². The van der Waals surface area contributed by atoms with Gasteiger partial charge in [0.25, 0.3) is 0 Å². The zero-order valence-electron chi connectivity index (χ0n) is 13.0. The molecule has 0 saturated carbocycles. The zero-order valence-corrected chi connectivity index (χ0v) is 13.0. The Balaban J connectivity index is 1.92. The SMILES string of the molecule is CCCCNC1[C@H](n2cnc3c(N)ncnc32)O[C@H](CO)[C@H]1O. The molecule has 1 saturated heterocycles. The number of nitrogens with one attached hydrogen (secondary N) is 1. The average Bonchev–Trinajstić information content (AvgIpc) is 3.10. The van der Waals surface area contributed by atoms with Crippen LogP contribution in [0.2, 0.25) is 0 Å². The number of ether oxygens (including phenoxy) is 1. The molecule has 0 amide bonds. The lowest BCUT2D eigenvalue weighted by atomic mass is 10.1. The van der Waals surface area contributed by atoms with Gasteiger partial charge in [0.2, 0.25) is 0 Å². The van der Waals surface area contributed by atoms with Crippen LogP contribution in [0.15, 0.2) is 12.7 Å². The first-order chi connectivity index (χ1) is 11.2. The number of hydrogen-bond donors (Lipinski definition) is 4. The normalized spacial score (nSPS) is 27.8. The Morgan fingerprint density at radius 3 is 2.96 bits per heavy atom. The van der Waals surface area contributed by atoms with E-state index < -0.39 is 18.4 Å². The Kier molecular flexibility index (Phi) is 4.71. The molecule has 0 aromatic carbocycles. The van der Waals surface area contributed by atoms with Crippen molar-refractivity contribution in [2.24, 2.45) is 0 Å². The quantitative estimate of drug-likeness (QED) is 0.519. The summed E-state index contributed by atoms with van der Waals surface area (Å²) in [5, 5.41) is 23.1. The van der Waals surface area contributed by atoms with Crippen molar-refractivity contribution in [3.05, 3.63) is 12.7 Å². The van der Waals surface area contributed by atoms with Crippen LogP contribution in [0, 0.1) is 0 Å². The van der Waals surface area contributed by atoms with Crippen LogP contribution in [0.4, 0.5) is 5.82 Å². The molecule has 5 N–H and O–H groups in total. The number of nitrogens with two attached hydrogens (primary N) is 1. The van der Waals surface area contributed by atoms with Crippen LogP contribution in [-0.4, -0.2) is 61.1 Å². The summed E-state index contributed by atoms with van der Waals surface area (Å²) in [6.45, 7) is 2.59. The van der Waals surface area contributed by atoms with E-state index in [0.717, 1.165) is 19.4 Å². The van der Waals surface area contributed by atoms with Crippen molar-refractivity contribution in [1.29, 1.82) is 0 Å². The number of hydrogen-bond acceptors (Lipinski definition) is 8. The Morgan fingerprint density at radius 1 is 1.39 bits per heavy atom. The minimum absolute atomic E-state index is 0.257. The summed E-state index contributed by atoms with van der Waals surface area (Å²) in [5.41, 5.74) is 6.84. The smallest absolute Gasteiger partial charge is 0.167 e. The molecule has 1 aliphatic heterocycles. The van der Waals surface area contributed by atoms with Crippen LogP contribution in [0.1, 0.15) is 26.0 Å². The first kappa shape index (κ1) is 16.1. The van der Waals surface area contributed by atoms with Crippen molar-refractivity contribution in [3.8, 4) is 0 Å². The lowest BCUT2D eigenvalue weighted by Crippen LogP contribution is -2.44. The lowest BCUT2D eigenvalue weighted by molar-refractivity contribution is -0.0441. The number of aromatic nitrogens is 4. The van der Waals surface area contributed by atoms with E-state index in [9.17, 15) is 10.2 Å². The van der Waals surface area contributed by atoms with Crippen molar-refractivity contribution in [1.82, 2.24) is 24.8 Å². The predicted octanol–water partition coefficient (Wildman–Crippen LogP) is -0.583. The van der Waals surface area contributed by atoms with Gasteiger partial charge in [0.15, 0.2) is 17.7 Å². The maximum absolute atomic E-state index is 10.4. The number of aliphatic hydroxyl groups is 2. The topological polar surface area (TPSA) is 131 Å². The van der Waals surface area contributed by atoms with Gasteiger partial charge in [0.05, 0.1) is 19.0 Å². The summed E-state index contributed by atoms with van der Waals surface area (Å²) in [4.78, 5) is 12.4. The van der Waals surface area contributed by atoms with Crippen LogP contribution in [-0.2, 0) is 4.74 Å². The molecule has 23 heavy (non-hydrogen) atoms. The molecule has 2 aromatic heterocycles. The third-order valence-electron chi connectivity index (χ3n) is 4.12. The second-order valence-electron chi connectivity index (χ2n) is 5.65. The Hall–Kier alpha value is -1.81. The zero-order chi connectivity index (χ0) is 16.4. The molecule has 0 spiro atoms. The summed E-state index contributed by atoms with van der Waals surface area (Å²) in [5.74, 6) is 0.293. The molecule has 3 rings (SSSR count). The van der Waals surface area contributed by atoms with Crippen molar-refractivity contribution < 1.29 is 14.9 Å². The van der Waals surface area contributed by atoms with Gasteiger partial charge in [0, 0.05) is 0 Å². The maximum atomic E-state index is 10.4. The summed E-state index contributed by atoms with van der Waals surface area (Å²) in [6, 6.07) is -0.368. The molecule has 9 nitrogen and oxygen atoms in total. The molecule has 9 heteroatoms. The molecular formula is C14H22N6O3.